The van der Waals surface area contributed by atoms with E-state index in [4.69, 9.17) is 5.73 Å². The molecule has 1 aliphatic rings. The smallest absolute Gasteiger partial charge is 0.119 e. The van der Waals surface area contributed by atoms with Crippen LogP contribution in [-0.2, 0) is 0 Å². The van der Waals surface area contributed by atoms with Crippen molar-refractivity contribution in [3.63, 3.8) is 0 Å². The molecule has 0 aromatic rings. The van der Waals surface area contributed by atoms with Crippen LogP contribution in [0, 0.1) is 5.92 Å². The fourth-order valence-corrected chi connectivity index (χ4v) is 1.75. The van der Waals surface area contributed by atoms with E-state index in [0.717, 1.165) is 24.4 Å². The van der Waals surface area contributed by atoms with Crippen molar-refractivity contribution in [3.8, 4) is 0 Å². The van der Waals surface area contributed by atoms with Crippen molar-refractivity contribution in [3.05, 3.63) is 35.5 Å². The molecule has 0 saturated carbocycles. The maximum Gasteiger partial charge on any atom is 0.119 e. The van der Waals surface area contributed by atoms with E-state index in [2.05, 4.69) is 25.7 Å². The molecule has 3 N–H and O–H groups in total. The van der Waals surface area contributed by atoms with Crippen LogP contribution in [0.3, 0.4) is 0 Å². The Hall–Kier alpha value is -1.38. The molecule has 1 rings (SSSR count). The number of rotatable bonds is 3. The molecule has 3 heteroatoms. The van der Waals surface area contributed by atoms with Gasteiger partial charge in [0.05, 0.1) is 5.70 Å². The highest BCUT2D eigenvalue weighted by molar-refractivity contribution is 5.35. The van der Waals surface area contributed by atoms with Crippen LogP contribution in [0.1, 0.15) is 27.2 Å². The summed E-state index contributed by atoms with van der Waals surface area (Å²) < 4.78 is 0. The minimum Gasteiger partial charge on any atom is -0.508 e. The summed E-state index contributed by atoms with van der Waals surface area (Å²) in [5.41, 5.74) is 7.56. The molecular weight excluding hydrogens is 188 g/mol. The van der Waals surface area contributed by atoms with E-state index >= 15 is 0 Å². The van der Waals surface area contributed by atoms with Crippen molar-refractivity contribution < 1.29 is 5.11 Å². The summed E-state index contributed by atoms with van der Waals surface area (Å²) in [4.78, 5) is 2.16. The number of allylic oxidation sites excluding steroid dienone is 3. The van der Waals surface area contributed by atoms with Crippen LogP contribution in [0.15, 0.2) is 35.5 Å². The Morgan fingerprint density at radius 1 is 1.47 bits per heavy atom. The summed E-state index contributed by atoms with van der Waals surface area (Å²) >= 11 is 0. The first-order valence-corrected chi connectivity index (χ1v) is 5.41. The summed E-state index contributed by atoms with van der Waals surface area (Å²) in [6.45, 7) is 7.28. The van der Waals surface area contributed by atoms with Gasteiger partial charge in [0.25, 0.3) is 0 Å². The van der Waals surface area contributed by atoms with Crippen molar-refractivity contribution in [1.29, 1.82) is 0 Å². The van der Waals surface area contributed by atoms with Crippen molar-refractivity contribution in [2.24, 2.45) is 11.7 Å². The normalized spacial score (nSPS) is 19.5. The van der Waals surface area contributed by atoms with Crippen molar-refractivity contribution >= 4 is 0 Å². The monoisotopic (exact) mass is 208 g/mol. The molecule has 0 atom stereocenters. The van der Waals surface area contributed by atoms with Gasteiger partial charge in [0.2, 0.25) is 0 Å². The fourth-order valence-electron chi connectivity index (χ4n) is 1.75. The third kappa shape index (κ3) is 2.55. The molecule has 0 saturated heterocycles. The van der Waals surface area contributed by atoms with E-state index in [-0.39, 0.29) is 5.76 Å². The van der Waals surface area contributed by atoms with Crippen molar-refractivity contribution in [2.75, 3.05) is 6.54 Å². The molecule has 0 unspecified atom stereocenters. The number of hydrogen-bond donors (Lipinski definition) is 2. The maximum absolute atomic E-state index is 9.58. The second-order valence-corrected chi connectivity index (χ2v) is 4.04. The van der Waals surface area contributed by atoms with Crippen LogP contribution >= 0.6 is 0 Å². The largest absolute Gasteiger partial charge is 0.508 e. The molecule has 0 amide bonds. The van der Waals surface area contributed by atoms with Crippen LogP contribution in [0.25, 0.3) is 0 Å². The lowest BCUT2D eigenvalue weighted by molar-refractivity contribution is 0.360. The Labute approximate surface area is 91.6 Å². The van der Waals surface area contributed by atoms with E-state index in [1.807, 2.05) is 6.08 Å². The first-order chi connectivity index (χ1) is 7.10. The first-order valence-electron chi connectivity index (χ1n) is 5.41. The first kappa shape index (κ1) is 11.7. The van der Waals surface area contributed by atoms with Gasteiger partial charge in [-0.3, -0.25) is 0 Å². The van der Waals surface area contributed by atoms with Gasteiger partial charge >= 0.3 is 0 Å². The average Bonchev–Trinajstić information content (AvgIpc) is 2.19. The Morgan fingerprint density at radius 2 is 2.13 bits per heavy atom. The van der Waals surface area contributed by atoms with Gasteiger partial charge in [-0.1, -0.05) is 20.8 Å². The highest BCUT2D eigenvalue weighted by Crippen LogP contribution is 2.26. The lowest BCUT2D eigenvalue weighted by Gasteiger charge is -2.32. The molecule has 0 aromatic heterocycles. The van der Waals surface area contributed by atoms with Crippen LogP contribution in [0.4, 0.5) is 0 Å². The molecule has 0 fully saturated rings. The molecule has 0 aromatic carbocycles. The number of aliphatic hydroxyl groups excluding tert-OH is 1. The minimum absolute atomic E-state index is 0.280. The highest BCUT2D eigenvalue weighted by atomic mass is 16.3. The fraction of sp³-hybridized carbons (Fsp3) is 0.500. The minimum atomic E-state index is 0.280. The topological polar surface area (TPSA) is 49.5 Å². The van der Waals surface area contributed by atoms with Crippen LogP contribution < -0.4 is 5.73 Å². The summed E-state index contributed by atoms with van der Waals surface area (Å²) in [5.74, 6) is 0.658. The molecule has 0 aliphatic carbocycles. The quantitative estimate of drug-likeness (QED) is 0.749. The molecule has 1 heterocycles. The maximum atomic E-state index is 9.58. The van der Waals surface area contributed by atoms with Gasteiger partial charge in [-0.15, -0.1) is 0 Å². The Bertz CT molecular complexity index is 314. The zero-order valence-electron chi connectivity index (χ0n) is 9.70. The summed E-state index contributed by atoms with van der Waals surface area (Å²) in [5, 5.41) is 9.58. The second kappa shape index (κ2) is 4.91. The predicted molar refractivity (Wildman–Crippen MR) is 62.9 cm³/mol. The number of hydrogen-bond acceptors (Lipinski definition) is 3. The lowest BCUT2D eigenvalue weighted by Crippen LogP contribution is -2.28. The van der Waals surface area contributed by atoms with Gasteiger partial charge in [-0.05, 0) is 18.4 Å². The molecule has 0 radical (unpaired) electrons. The predicted octanol–water partition coefficient (Wildman–Crippen LogP) is 2.49. The SMILES string of the molecule is CCCN1C(C(C)C)=CC(O)=C/C1=C/N. The average molecular weight is 208 g/mol. The van der Waals surface area contributed by atoms with Gasteiger partial charge in [0.15, 0.2) is 0 Å². The molecule has 15 heavy (non-hydrogen) atoms. The van der Waals surface area contributed by atoms with Crippen LogP contribution in [0.5, 0.6) is 0 Å². The zero-order valence-corrected chi connectivity index (χ0v) is 9.70. The van der Waals surface area contributed by atoms with Gasteiger partial charge in [-0.2, -0.15) is 0 Å². The number of nitrogens with zero attached hydrogens (tertiary/aromatic N) is 1. The Balaban J connectivity index is 3.04. The highest BCUT2D eigenvalue weighted by Gasteiger charge is 2.19. The van der Waals surface area contributed by atoms with Gasteiger partial charge in [0.1, 0.15) is 5.76 Å². The molecule has 3 nitrogen and oxygen atoms in total. The van der Waals surface area contributed by atoms with E-state index in [0.29, 0.717) is 5.92 Å². The summed E-state index contributed by atoms with van der Waals surface area (Å²) in [6, 6.07) is 0. The van der Waals surface area contributed by atoms with Crippen LogP contribution in [-0.4, -0.2) is 16.6 Å². The van der Waals surface area contributed by atoms with E-state index in [1.54, 1.807) is 12.3 Å². The van der Waals surface area contributed by atoms with Crippen LogP contribution in [0.2, 0.25) is 0 Å². The molecule has 0 spiro atoms. The third-order valence-electron chi connectivity index (χ3n) is 2.42. The Kier molecular flexibility index (Phi) is 3.83. The van der Waals surface area contributed by atoms with E-state index in [1.165, 1.54) is 0 Å². The van der Waals surface area contributed by atoms with E-state index in [9.17, 15) is 5.11 Å². The number of aliphatic hydroxyl groups is 1. The molecule has 84 valence electrons. The van der Waals surface area contributed by atoms with Crippen molar-refractivity contribution in [1.82, 2.24) is 4.90 Å². The Morgan fingerprint density at radius 3 is 2.60 bits per heavy atom. The molecule has 0 bridgehead atoms. The zero-order chi connectivity index (χ0) is 11.4. The van der Waals surface area contributed by atoms with E-state index < -0.39 is 0 Å². The lowest BCUT2D eigenvalue weighted by atomic mass is 10.0. The third-order valence-corrected chi connectivity index (χ3v) is 2.42. The van der Waals surface area contributed by atoms with Crippen molar-refractivity contribution in [2.45, 2.75) is 27.2 Å². The number of nitrogens with two attached hydrogens (primary N) is 1. The standard InChI is InChI=1S/C12H20N2O/c1-4-5-14-10(8-13)6-11(15)7-12(14)9(2)3/h6-9,15H,4-5,13H2,1-3H3/b10-8-. The van der Waals surface area contributed by atoms with Gasteiger partial charge in [0, 0.05) is 24.5 Å². The summed E-state index contributed by atoms with van der Waals surface area (Å²) in [7, 11) is 0. The van der Waals surface area contributed by atoms with Gasteiger partial charge in [-0.25, -0.2) is 0 Å². The molecular formula is C12H20N2O. The molecule has 1 aliphatic heterocycles. The summed E-state index contributed by atoms with van der Waals surface area (Å²) in [6.07, 6.45) is 6.10. The van der Waals surface area contributed by atoms with Gasteiger partial charge < -0.3 is 15.7 Å². The second-order valence-electron chi connectivity index (χ2n) is 4.04.